The van der Waals surface area contributed by atoms with Crippen LogP contribution in [0.15, 0.2) is 65.7 Å². The van der Waals surface area contributed by atoms with Crippen molar-refractivity contribution in [1.29, 1.82) is 0 Å². The highest BCUT2D eigenvalue weighted by molar-refractivity contribution is 6.62. The lowest BCUT2D eigenvalue weighted by Crippen LogP contribution is -2.46. The zero-order chi connectivity index (χ0) is 25.8. The van der Waals surface area contributed by atoms with Gasteiger partial charge in [0.25, 0.3) is 5.56 Å². The maximum absolute atomic E-state index is 13.7. The van der Waals surface area contributed by atoms with E-state index in [4.69, 9.17) is 26.6 Å². The lowest BCUT2D eigenvalue weighted by atomic mass is 9.81. The van der Waals surface area contributed by atoms with Gasteiger partial charge in [0.1, 0.15) is 0 Å². The van der Waals surface area contributed by atoms with Crippen molar-refractivity contribution in [1.82, 2.24) is 14.3 Å². The van der Waals surface area contributed by atoms with E-state index in [0.717, 1.165) is 27.8 Å². The number of rotatable bonds is 5. The summed E-state index contributed by atoms with van der Waals surface area (Å²) < 4.78 is 16.2. The van der Waals surface area contributed by atoms with E-state index in [-0.39, 0.29) is 11.6 Å². The van der Waals surface area contributed by atoms with Crippen molar-refractivity contribution in [2.75, 3.05) is 0 Å². The van der Waals surface area contributed by atoms with Gasteiger partial charge >= 0.3 is 7.12 Å². The molecule has 0 bridgehead atoms. The molecule has 5 rings (SSSR count). The third-order valence-corrected chi connectivity index (χ3v) is 7.56. The molecule has 36 heavy (non-hydrogen) atoms. The molecule has 186 valence electrons. The van der Waals surface area contributed by atoms with Gasteiger partial charge in [0.15, 0.2) is 0 Å². The second kappa shape index (κ2) is 8.89. The van der Waals surface area contributed by atoms with Gasteiger partial charge in [-0.15, -0.1) is 0 Å². The molecule has 2 aromatic heterocycles. The molecule has 1 saturated heterocycles. The Morgan fingerprint density at radius 1 is 1.14 bits per heavy atom. The molecule has 1 aliphatic heterocycles. The van der Waals surface area contributed by atoms with Gasteiger partial charge in [-0.3, -0.25) is 14.0 Å². The van der Waals surface area contributed by atoms with Crippen molar-refractivity contribution in [3.05, 3.63) is 87.6 Å². The van der Waals surface area contributed by atoms with Crippen LogP contribution < -0.4 is 16.8 Å². The van der Waals surface area contributed by atoms with Gasteiger partial charge in [-0.25, -0.2) is 0 Å². The molecule has 0 saturated carbocycles. The lowest BCUT2D eigenvalue weighted by Gasteiger charge is -2.36. The van der Waals surface area contributed by atoms with Crippen molar-refractivity contribution < 1.29 is 9.31 Å². The Bertz CT molecular complexity index is 1510. The Kier molecular flexibility index (Phi) is 6.12. The van der Waals surface area contributed by atoms with E-state index >= 15 is 0 Å². The van der Waals surface area contributed by atoms with Crippen LogP contribution in [0.5, 0.6) is 0 Å². The number of benzene rings is 2. The topological polar surface area (TPSA) is 84.3 Å². The molecule has 2 aromatic carbocycles. The third kappa shape index (κ3) is 4.18. The Balaban J connectivity index is 1.55. The minimum absolute atomic E-state index is 0.189. The molecule has 3 heterocycles. The quantitative estimate of drug-likeness (QED) is 0.417. The number of nitrogens with zero attached hydrogens (tertiary/aromatic N) is 3. The molecule has 4 aromatic rings. The fourth-order valence-electron chi connectivity index (χ4n) is 4.88. The minimum atomic E-state index is -0.617. The number of halogens is 1. The molecule has 0 aliphatic carbocycles. The van der Waals surface area contributed by atoms with Crippen LogP contribution in [0, 0.1) is 0 Å². The number of fused-ring (bicyclic) bond motifs is 1. The Labute approximate surface area is 215 Å². The maximum Gasteiger partial charge on any atom is 0.498 e. The predicted molar refractivity (Wildman–Crippen MR) is 144 cm³/mol. The Morgan fingerprint density at radius 2 is 1.89 bits per heavy atom. The maximum atomic E-state index is 13.7. The summed E-state index contributed by atoms with van der Waals surface area (Å²) in [6.45, 7) is 8.01. The summed E-state index contributed by atoms with van der Waals surface area (Å²) in [6, 6.07) is 15.0. The molecular weight excluding hydrogens is 475 g/mol. The van der Waals surface area contributed by atoms with Gasteiger partial charge in [-0.05, 0) is 62.9 Å². The molecule has 0 spiro atoms. The second-order valence-corrected chi connectivity index (χ2v) is 10.7. The number of nitrogens with two attached hydrogens (primary N) is 1. The number of aryl methyl sites for hydroxylation is 1. The summed E-state index contributed by atoms with van der Waals surface area (Å²) in [5.74, 6) is 0. The van der Waals surface area contributed by atoms with Crippen molar-refractivity contribution >= 4 is 35.0 Å². The van der Waals surface area contributed by atoms with Crippen LogP contribution >= 0.6 is 11.6 Å². The first-order chi connectivity index (χ1) is 17.0. The van der Waals surface area contributed by atoms with E-state index in [1.165, 1.54) is 0 Å². The van der Waals surface area contributed by atoms with Crippen LogP contribution in [0.25, 0.3) is 16.5 Å². The van der Waals surface area contributed by atoms with E-state index < -0.39 is 18.3 Å². The highest BCUT2D eigenvalue weighted by atomic mass is 35.5. The number of pyridine rings is 1. The minimum Gasteiger partial charge on any atom is -0.399 e. The zero-order valence-electron chi connectivity index (χ0n) is 21.2. The molecule has 0 radical (unpaired) electrons. The van der Waals surface area contributed by atoms with Gasteiger partial charge in [0.05, 0.1) is 21.6 Å². The van der Waals surface area contributed by atoms with Crippen LogP contribution in [-0.4, -0.2) is 32.7 Å². The Morgan fingerprint density at radius 3 is 2.58 bits per heavy atom. The van der Waals surface area contributed by atoms with Crippen LogP contribution in [-0.2, 0) is 22.8 Å². The lowest BCUT2D eigenvalue weighted by molar-refractivity contribution is -0.00877. The molecule has 1 aliphatic rings. The van der Waals surface area contributed by atoms with Gasteiger partial charge in [0.2, 0.25) is 0 Å². The van der Waals surface area contributed by atoms with E-state index in [9.17, 15) is 4.79 Å². The van der Waals surface area contributed by atoms with E-state index in [0.29, 0.717) is 16.8 Å². The largest absolute Gasteiger partial charge is 0.498 e. The molecule has 9 heteroatoms. The van der Waals surface area contributed by atoms with Gasteiger partial charge in [-0.2, -0.15) is 5.10 Å². The molecule has 2 N–H and O–H groups in total. The smallest absolute Gasteiger partial charge is 0.399 e. The molecule has 7 nitrogen and oxygen atoms in total. The molecule has 0 amide bonds. The summed E-state index contributed by atoms with van der Waals surface area (Å²) in [5, 5.41) is 5.93. The SMILES string of the molecule is C[C@H](N)c1cc2cccc(Cl)c2c(=O)n1-c1cccc(CC2(C)OB(c3cnn(C)c3)OC2(C)C)c1. The molecule has 1 fully saturated rings. The molecule has 2 atom stereocenters. The van der Waals surface area contributed by atoms with Crippen molar-refractivity contribution in [3.8, 4) is 5.69 Å². The van der Waals surface area contributed by atoms with Crippen molar-refractivity contribution in [2.45, 2.75) is 51.4 Å². The van der Waals surface area contributed by atoms with E-state index in [1.54, 1.807) is 21.5 Å². The van der Waals surface area contributed by atoms with E-state index in [2.05, 4.69) is 12.0 Å². The summed E-state index contributed by atoms with van der Waals surface area (Å²) in [5.41, 5.74) is 8.29. The standard InChI is InChI=1S/C27H30BClN4O3/c1-17(30)23-13-19-9-7-11-22(29)24(19)25(34)33(23)21-10-6-8-18(12-21)14-27(4)26(2,3)35-28(36-27)20-15-31-32(5)16-20/h6-13,15-17H,14,30H2,1-5H3/t17-,27?/m0/s1. The number of hydrogen-bond donors (Lipinski definition) is 1. The van der Waals surface area contributed by atoms with Gasteiger partial charge < -0.3 is 15.0 Å². The van der Waals surface area contributed by atoms with E-state index in [1.807, 2.05) is 76.5 Å². The normalized spacial score (nSPS) is 20.2. The first kappa shape index (κ1) is 24.8. The third-order valence-electron chi connectivity index (χ3n) is 7.24. The number of hydrogen-bond acceptors (Lipinski definition) is 5. The van der Waals surface area contributed by atoms with Crippen LogP contribution in [0.3, 0.4) is 0 Å². The summed E-state index contributed by atoms with van der Waals surface area (Å²) in [4.78, 5) is 13.7. The number of aromatic nitrogens is 3. The van der Waals surface area contributed by atoms with Crippen molar-refractivity contribution in [2.24, 2.45) is 12.8 Å². The molecule has 1 unspecified atom stereocenters. The average molecular weight is 505 g/mol. The van der Waals surface area contributed by atoms with Crippen LogP contribution in [0.1, 0.15) is 45.0 Å². The van der Waals surface area contributed by atoms with Gasteiger partial charge in [0, 0.05) is 48.7 Å². The summed E-state index contributed by atoms with van der Waals surface area (Å²) >= 11 is 6.43. The van der Waals surface area contributed by atoms with Crippen LogP contribution in [0.2, 0.25) is 5.02 Å². The second-order valence-electron chi connectivity index (χ2n) is 10.3. The first-order valence-electron chi connectivity index (χ1n) is 12.0. The Hall–Kier alpha value is -2.91. The highest BCUT2D eigenvalue weighted by Crippen LogP contribution is 2.40. The average Bonchev–Trinajstić information content (AvgIpc) is 3.33. The predicted octanol–water partition coefficient (Wildman–Crippen LogP) is 3.92. The fraction of sp³-hybridized carbons (Fsp3) is 0.333. The first-order valence-corrected chi connectivity index (χ1v) is 12.4. The highest BCUT2D eigenvalue weighted by Gasteiger charge is 2.54. The summed E-state index contributed by atoms with van der Waals surface area (Å²) in [6.07, 6.45) is 4.25. The van der Waals surface area contributed by atoms with Crippen LogP contribution in [0.4, 0.5) is 0 Å². The zero-order valence-corrected chi connectivity index (χ0v) is 21.9. The van der Waals surface area contributed by atoms with Gasteiger partial charge in [-0.1, -0.05) is 35.9 Å². The van der Waals surface area contributed by atoms with Crippen molar-refractivity contribution in [3.63, 3.8) is 0 Å². The molecular formula is C27H30BClN4O3. The monoisotopic (exact) mass is 504 g/mol. The fourth-order valence-corrected chi connectivity index (χ4v) is 5.15. The summed E-state index contributed by atoms with van der Waals surface area (Å²) in [7, 11) is 1.36.